The number of phenols is 1. The predicted molar refractivity (Wildman–Crippen MR) is 85.4 cm³/mol. The van der Waals surface area contributed by atoms with Crippen LogP contribution in [-0.2, 0) is 10.2 Å². The molecule has 0 spiro atoms. The van der Waals surface area contributed by atoms with Crippen molar-refractivity contribution in [2.45, 2.75) is 38.7 Å². The van der Waals surface area contributed by atoms with Crippen molar-refractivity contribution >= 4 is 11.8 Å². The van der Waals surface area contributed by atoms with Gasteiger partial charge >= 0.3 is 6.09 Å². The second-order valence-electron chi connectivity index (χ2n) is 6.58. The minimum Gasteiger partial charge on any atom is -0.508 e. The summed E-state index contributed by atoms with van der Waals surface area (Å²) in [6.45, 7) is 7.04. The highest BCUT2D eigenvalue weighted by Gasteiger charge is 2.31. The Balaban J connectivity index is 2.99. The molecule has 1 amide bonds. The van der Waals surface area contributed by atoms with Gasteiger partial charge in [-0.1, -0.05) is 6.92 Å². The van der Waals surface area contributed by atoms with Crippen LogP contribution < -0.4 is 11.1 Å². The van der Waals surface area contributed by atoms with Crippen LogP contribution in [0.2, 0.25) is 0 Å². The van der Waals surface area contributed by atoms with E-state index in [1.54, 1.807) is 27.7 Å². The molecular weight excluding hydrogens is 302 g/mol. The third kappa shape index (κ3) is 5.10. The lowest BCUT2D eigenvalue weighted by molar-refractivity contribution is -0.385. The van der Waals surface area contributed by atoms with E-state index in [9.17, 15) is 20.0 Å². The molecule has 0 bridgehead atoms. The van der Waals surface area contributed by atoms with E-state index in [2.05, 4.69) is 5.32 Å². The molecule has 1 unspecified atom stereocenters. The minimum absolute atomic E-state index is 0.0626. The number of nitro groups is 1. The van der Waals surface area contributed by atoms with Crippen LogP contribution in [0.4, 0.5) is 10.5 Å². The summed E-state index contributed by atoms with van der Waals surface area (Å²) >= 11 is 0. The molecule has 0 radical (unpaired) electrons. The van der Waals surface area contributed by atoms with Crippen molar-refractivity contribution in [1.82, 2.24) is 5.32 Å². The summed E-state index contributed by atoms with van der Waals surface area (Å²) in [5, 5.41) is 23.5. The Morgan fingerprint density at radius 1 is 1.39 bits per heavy atom. The normalized spacial score (nSPS) is 14.0. The average Bonchev–Trinajstić information content (AvgIpc) is 2.43. The number of phenolic OH excluding ortho intramolecular Hbond substituents is 1. The van der Waals surface area contributed by atoms with Gasteiger partial charge in [0, 0.05) is 36.2 Å². The number of aromatic hydroxyl groups is 1. The van der Waals surface area contributed by atoms with Gasteiger partial charge in [-0.25, -0.2) is 4.79 Å². The number of carbonyl (C=O) groups is 1. The number of rotatable bonds is 5. The number of alkyl carbamates (subject to hydrolysis) is 1. The molecular formula is C15H23N3O5. The zero-order chi connectivity index (χ0) is 17.8. The lowest BCUT2D eigenvalue weighted by Gasteiger charge is -2.30. The van der Waals surface area contributed by atoms with E-state index in [0.29, 0.717) is 5.56 Å². The first-order valence-electron chi connectivity index (χ1n) is 7.13. The van der Waals surface area contributed by atoms with Gasteiger partial charge in [-0.2, -0.15) is 0 Å². The van der Waals surface area contributed by atoms with Crippen molar-refractivity contribution in [2.75, 3.05) is 13.1 Å². The lowest BCUT2D eigenvalue weighted by Crippen LogP contribution is -2.45. The predicted octanol–water partition coefficient (Wildman–Crippen LogP) is 2.04. The van der Waals surface area contributed by atoms with Gasteiger partial charge in [-0.15, -0.1) is 0 Å². The van der Waals surface area contributed by atoms with E-state index in [-0.39, 0.29) is 24.5 Å². The molecule has 1 aromatic rings. The summed E-state index contributed by atoms with van der Waals surface area (Å²) in [4.78, 5) is 22.1. The second kappa shape index (κ2) is 6.82. The highest BCUT2D eigenvalue weighted by atomic mass is 16.6. The molecule has 1 atom stereocenters. The smallest absolute Gasteiger partial charge is 0.407 e. The summed E-state index contributed by atoms with van der Waals surface area (Å²) in [5.41, 5.74) is 4.39. The fraction of sp³-hybridized carbons (Fsp3) is 0.533. The Morgan fingerprint density at radius 2 is 2.00 bits per heavy atom. The Morgan fingerprint density at radius 3 is 2.48 bits per heavy atom. The number of nitro benzene ring substituents is 1. The van der Waals surface area contributed by atoms with Crippen LogP contribution in [0.25, 0.3) is 0 Å². The summed E-state index contributed by atoms with van der Waals surface area (Å²) in [6, 6.07) is 3.71. The van der Waals surface area contributed by atoms with E-state index < -0.39 is 22.0 Å². The van der Waals surface area contributed by atoms with Crippen molar-refractivity contribution in [1.29, 1.82) is 0 Å². The monoisotopic (exact) mass is 325 g/mol. The molecule has 128 valence electrons. The average molecular weight is 325 g/mol. The van der Waals surface area contributed by atoms with Crippen molar-refractivity contribution < 1.29 is 19.6 Å². The molecule has 0 fully saturated rings. The number of carbonyl (C=O) groups excluding carboxylic acids is 1. The highest BCUT2D eigenvalue weighted by Crippen LogP contribution is 2.33. The molecule has 1 aromatic carbocycles. The Hall–Kier alpha value is -2.35. The van der Waals surface area contributed by atoms with Gasteiger partial charge in [0.05, 0.1) is 4.92 Å². The Bertz CT molecular complexity index is 597. The molecule has 8 nitrogen and oxygen atoms in total. The molecule has 23 heavy (non-hydrogen) atoms. The number of hydrogen-bond acceptors (Lipinski definition) is 6. The standard InChI is InChI=1S/C15H23N3O5/c1-14(2,3)23-13(20)17-9-15(4,8-16)11-7-10(18(21)22)5-6-12(11)19/h5-7,19H,8-9,16H2,1-4H3,(H,17,20). The summed E-state index contributed by atoms with van der Waals surface area (Å²) < 4.78 is 5.14. The van der Waals surface area contributed by atoms with E-state index in [1.165, 1.54) is 18.2 Å². The van der Waals surface area contributed by atoms with Crippen LogP contribution in [0.1, 0.15) is 33.3 Å². The third-order valence-electron chi connectivity index (χ3n) is 3.31. The van der Waals surface area contributed by atoms with Gasteiger partial charge in [0.2, 0.25) is 0 Å². The zero-order valence-electron chi connectivity index (χ0n) is 13.8. The molecule has 0 aliphatic carbocycles. The molecule has 0 saturated carbocycles. The van der Waals surface area contributed by atoms with Gasteiger partial charge in [-0.3, -0.25) is 10.1 Å². The van der Waals surface area contributed by atoms with E-state index >= 15 is 0 Å². The summed E-state index contributed by atoms with van der Waals surface area (Å²) in [5.74, 6) is -0.116. The Kier molecular flexibility index (Phi) is 5.55. The number of nitrogens with one attached hydrogen (secondary N) is 1. The maximum absolute atomic E-state index is 11.8. The van der Waals surface area contributed by atoms with Crippen LogP contribution in [0.15, 0.2) is 18.2 Å². The number of hydrogen-bond donors (Lipinski definition) is 3. The van der Waals surface area contributed by atoms with Crippen molar-refractivity contribution in [3.8, 4) is 5.75 Å². The topological polar surface area (TPSA) is 128 Å². The highest BCUT2D eigenvalue weighted by molar-refractivity contribution is 5.68. The van der Waals surface area contributed by atoms with Gasteiger partial charge in [0.15, 0.2) is 0 Å². The number of benzene rings is 1. The Labute approximate surface area is 134 Å². The maximum Gasteiger partial charge on any atom is 0.407 e. The minimum atomic E-state index is -0.882. The molecule has 0 aromatic heterocycles. The van der Waals surface area contributed by atoms with Crippen LogP contribution in [0.3, 0.4) is 0 Å². The maximum atomic E-state index is 11.8. The SMILES string of the molecule is CC(C)(C)OC(=O)NCC(C)(CN)c1cc([N+](=O)[O-])ccc1O. The van der Waals surface area contributed by atoms with E-state index in [1.807, 2.05) is 0 Å². The summed E-state index contributed by atoms with van der Waals surface area (Å²) in [7, 11) is 0. The quantitative estimate of drug-likeness (QED) is 0.561. The largest absolute Gasteiger partial charge is 0.508 e. The second-order valence-corrected chi connectivity index (χ2v) is 6.58. The molecule has 0 saturated heterocycles. The van der Waals surface area contributed by atoms with E-state index in [0.717, 1.165) is 0 Å². The number of amides is 1. The molecule has 0 aliphatic heterocycles. The molecule has 0 heterocycles. The zero-order valence-corrected chi connectivity index (χ0v) is 13.8. The van der Waals surface area contributed by atoms with Crippen LogP contribution in [0, 0.1) is 10.1 Å². The van der Waals surface area contributed by atoms with Crippen LogP contribution in [0.5, 0.6) is 5.75 Å². The first-order valence-corrected chi connectivity index (χ1v) is 7.13. The van der Waals surface area contributed by atoms with Gasteiger partial charge in [0.1, 0.15) is 11.4 Å². The number of non-ortho nitro benzene ring substituents is 1. The number of nitrogens with zero attached hydrogens (tertiary/aromatic N) is 1. The van der Waals surface area contributed by atoms with Gasteiger partial charge in [-0.05, 0) is 26.8 Å². The van der Waals surface area contributed by atoms with Crippen LogP contribution >= 0.6 is 0 Å². The number of ether oxygens (including phenoxy) is 1. The van der Waals surface area contributed by atoms with Gasteiger partial charge in [0.25, 0.3) is 5.69 Å². The first kappa shape index (κ1) is 18.7. The lowest BCUT2D eigenvalue weighted by atomic mass is 9.81. The molecule has 4 N–H and O–H groups in total. The summed E-state index contributed by atoms with van der Waals surface area (Å²) in [6.07, 6.45) is -0.623. The first-order chi connectivity index (χ1) is 10.5. The fourth-order valence-electron chi connectivity index (χ4n) is 1.98. The van der Waals surface area contributed by atoms with Crippen LogP contribution in [-0.4, -0.2) is 34.8 Å². The molecule has 0 aliphatic rings. The fourth-order valence-corrected chi connectivity index (χ4v) is 1.98. The van der Waals surface area contributed by atoms with Crippen molar-refractivity contribution in [3.05, 3.63) is 33.9 Å². The van der Waals surface area contributed by atoms with Gasteiger partial charge < -0.3 is 20.9 Å². The molecule has 8 heteroatoms. The number of nitrogens with two attached hydrogens (primary N) is 1. The van der Waals surface area contributed by atoms with E-state index in [4.69, 9.17) is 10.5 Å². The van der Waals surface area contributed by atoms with Crippen molar-refractivity contribution in [2.24, 2.45) is 5.73 Å². The third-order valence-corrected chi connectivity index (χ3v) is 3.31. The van der Waals surface area contributed by atoms with Crippen molar-refractivity contribution in [3.63, 3.8) is 0 Å². The molecule has 1 rings (SSSR count).